The zero-order valence-electron chi connectivity index (χ0n) is 11.2. The number of hydrogen-bond acceptors (Lipinski definition) is 4. The van der Waals surface area contributed by atoms with E-state index >= 15 is 0 Å². The molecule has 21 heavy (non-hydrogen) atoms. The maximum atomic E-state index is 4.47. The van der Waals surface area contributed by atoms with E-state index in [-0.39, 0.29) is 0 Å². The third-order valence-corrected chi connectivity index (χ3v) is 4.35. The van der Waals surface area contributed by atoms with Crippen LogP contribution < -0.4 is 0 Å². The molecule has 5 heteroatoms. The first-order chi connectivity index (χ1) is 10.4. The third kappa shape index (κ3) is 2.25. The molecule has 0 fully saturated rings. The lowest BCUT2D eigenvalue weighted by atomic mass is 10.2. The van der Waals surface area contributed by atoms with Gasteiger partial charge in [-0.15, -0.1) is 10.2 Å². The first-order valence-electron chi connectivity index (χ1n) is 6.67. The topological polar surface area (TPSA) is 43.1 Å². The van der Waals surface area contributed by atoms with Gasteiger partial charge in [-0.2, -0.15) is 0 Å². The molecule has 0 N–H and O–H groups in total. The fourth-order valence-electron chi connectivity index (χ4n) is 2.28. The predicted molar refractivity (Wildman–Crippen MR) is 84.3 cm³/mol. The molecule has 0 aliphatic carbocycles. The molecule has 0 unspecified atom stereocenters. The summed E-state index contributed by atoms with van der Waals surface area (Å²) < 4.78 is 1.95. The minimum atomic E-state index is 0.858. The first-order valence-corrected chi connectivity index (χ1v) is 7.65. The smallest absolute Gasteiger partial charge is 0.197 e. The minimum absolute atomic E-state index is 0.858. The Morgan fingerprint density at radius 2 is 1.71 bits per heavy atom. The van der Waals surface area contributed by atoms with E-state index in [1.165, 1.54) is 5.56 Å². The van der Waals surface area contributed by atoms with Crippen LogP contribution in [0.2, 0.25) is 0 Å². The van der Waals surface area contributed by atoms with Crippen LogP contribution >= 0.6 is 11.8 Å². The van der Waals surface area contributed by atoms with Gasteiger partial charge < -0.3 is 0 Å². The average molecular weight is 292 g/mol. The molecule has 0 bridgehead atoms. The Hall–Kier alpha value is -2.40. The molecule has 0 saturated heterocycles. The van der Waals surface area contributed by atoms with Gasteiger partial charge in [-0.1, -0.05) is 54.2 Å². The van der Waals surface area contributed by atoms with E-state index in [9.17, 15) is 0 Å². The van der Waals surface area contributed by atoms with Crippen molar-refractivity contribution in [2.75, 3.05) is 0 Å². The number of aromatic nitrogens is 4. The highest BCUT2D eigenvalue weighted by Gasteiger charge is 2.09. The van der Waals surface area contributed by atoms with E-state index in [4.69, 9.17) is 0 Å². The summed E-state index contributed by atoms with van der Waals surface area (Å²) in [5.41, 5.74) is 3.07. The van der Waals surface area contributed by atoms with Crippen LogP contribution in [-0.2, 0) is 5.75 Å². The number of rotatable bonds is 3. The third-order valence-electron chi connectivity index (χ3n) is 3.33. The molecule has 4 nitrogen and oxygen atoms in total. The molecule has 2 aromatic heterocycles. The summed E-state index contributed by atoms with van der Waals surface area (Å²) in [6, 6.07) is 18.3. The Kier molecular flexibility index (Phi) is 3.05. The van der Waals surface area contributed by atoms with Crippen molar-refractivity contribution in [3.63, 3.8) is 0 Å². The zero-order chi connectivity index (χ0) is 14.1. The van der Waals surface area contributed by atoms with E-state index in [1.54, 1.807) is 18.1 Å². The van der Waals surface area contributed by atoms with Crippen LogP contribution in [0.25, 0.3) is 16.6 Å². The molecule has 0 atom stereocenters. The first kappa shape index (κ1) is 12.3. The highest BCUT2D eigenvalue weighted by atomic mass is 32.2. The molecular formula is C16H12N4S. The Balaban J connectivity index is 1.72. The molecule has 2 heterocycles. The molecule has 0 aliphatic heterocycles. The Morgan fingerprint density at radius 3 is 2.62 bits per heavy atom. The Labute approximate surface area is 125 Å². The van der Waals surface area contributed by atoms with E-state index in [1.807, 2.05) is 46.9 Å². The van der Waals surface area contributed by atoms with Gasteiger partial charge in [-0.3, -0.25) is 4.40 Å². The van der Waals surface area contributed by atoms with E-state index in [0.29, 0.717) is 0 Å². The molecule has 4 aromatic rings. The van der Waals surface area contributed by atoms with Crippen molar-refractivity contribution in [1.82, 2.24) is 19.6 Å². The summed E-state index contributed by atoms with van der Waals surface area (Å²) in [6.07, 6.45) is 1.80. The lowest BCUT2D eigenvalue weighted by Crippen LogP contribution is -1.91. The van der Waals surface area contributed by atoms with Crippen LogP contribution in [0, 0.1) is 0 Å². The van der Waals surface area contributed by atoms with Crippen LogP contribution in [0.5, 0.6) is 0 Å². The molecule has 0 saturated carbocycles. The summed E-state index contributed by atoms with van der Waals surface area (Å²) in [5, 5.41) is 10.5. The summed E-state index contributed by atoms with van der Waals surface area (Å²) >= 11 is 1.67. The fourth-order valence-corrected chi connectivity index (χ4v) is 3.14. The maximum Gasteiger partial charge on any atom is 0.197 e. The van der Waals surface area contributed by atoms with Gasteiger partial charge in [0.05, 0.1) is 5.52 Å². The highest BCUT2D eigenvalue weighted by Crippen LogP contribution is 2.24. The number of fused-ring (bicyclic) bond motifs is 3. The van der Waals surface area contributed by atoms with Gasteiger partial charge in [0, 0.05) is 11.1 Å². The van der Waals surface area contributed by atoms with E-state index in [0.717, 1.165) is 27.5 Å². The number of para-hydroxylation sites is 1. The van der Waals surface area contributed by atoms with Crippen molar-refractivity contribution in [3.05, 3.63) is 66.5 Å². The van der Waals surface area contributed by atoms with Crippen LogP contribution in [-0.4, -0.2) is 19.6 Å². The number of benzene rings is 2. The quantitative estimate of drug-likeness (QED) is 0.541. The largest absolute Gasteiger partial charge is 0.260 e. The van der Waals surface area contributed by atoms with Crippen molar-refractivity contribution in [2.45, 2.75) is 10.9 Å². The summed E-state index contributed by atoms with van der Waals surface area (Å²) in [7, 11) is 0. The number of hydrogen-bond donors (Lipinski definition) is 0. The zero-order valence-corrected chi connectivity index (χ0v) is 12.0. The minimum Gasteiger partial charge on any atom is -0.260 e. The second kappa shape index (κ2) is 5.18. The second-order valence-corrected chi connectivity index (χ2v) is 5.65. The molecule has 0 aliphatic rings. The molecule has 2 aromatic carbocycles. The molecule has 4 rings (SSSR count). The number of nitrogens with zero attached hydrogens (tertiary/aromatic N) is 4. The molecule has 0 spiro atoms. The van der Waals surface area contributed by atoms with Crippen LogP contribution in [0.1, 0.15) is 5.56 Å². The maximum absolute atomic E-state index is 4.47. The normalized spacial score (nSPS) is 11.2. The van der Waals surface area contributed by atoms with E-state index in [2.05, 4.69) is 27.3 Å². The average Bonchev–Trinajstić information content (AvgIpc) is 2.97. The van der Waals surface area contributed by atoms with Gasteiger partial charge in [-0.25, -0.2) is 4.98 Å². The van der Waals surface area contributed by atoms with Gasteiger partial charge in [0.2, 0.25) is 0 Å². The van der Waals surface area contributed by atoms with Gasteiger partial charge in [0.1, 0.15) is 6.33 Å². The molecular weight excluding hydrogens is 280 g/mol. The van der Waals surface area contributed by atoms with E-state index < -0.39 is 0 Å². The van der Waals surface area contributed by atoms with Crippen molar-refractivity contribution >= 4 is 28.3 Å². The monoisotopic (exact) mass is 292 g/mol. The second-order valence-electron chi connectivity index (χ2n) is 4.71. The van der Waals surface area contributed by atoms with Crippen LogP contribution in [0.3, 0.4) is 0 Å². The molecule has 0 radical (unpaired) electrons. The van der Waals surface area contributed by atoms with Crippen molar-refractivity contribution in [2.24, 2.45) is 0 Å². The summed E-state index contributed by atoms with van der Waals surface area (Å²) in [5.74, 6) is 0.870. The van der Waals surface area contributed by atoms with Crippen molar-refractivity contribution < 1.29 is 0 Å². The number of thioether (sulfide) groups is 1. The highest BCUT2D eigenvalue weighted by molar-refractivity contribution is 7.98. The molecule has 0 amide bonds. The van der Waals surface area contributed by atoms with Gasteiger partial charge >= 0.3 is 0 Å². The lowest BCUT2D eigenvalue weighted by molar-refractivity contribution is 0.906. The van der Waals surface area contributed by atoms with Gasteiger partial charge in [0.15, 0.2) is 10.8 Å². The molecule has 102 valence electrons. The Bertz CT molecular complexity index is 902. The Morgan fingerprint density at radius 1 is 0.905 bits per heavy atom. The van der Waals surface area contributed by atoms with Crippen molar-refractivity contribution in [3.8, 4) is 0 Å². The fraction of sp³-hybridized carbons (Fsp3) is 0.0625. The summed E-state index contributed by atoms with van der Waals surface area (Å²) in [6.45, 7) is 0. The van der Waals surface area contributed by atoms with Crippen LogP contribution in [0.4, 0.5) is 0 Å². The predicted octanol–water partition coefficient (Wildman–Crippen LogP) is 3.57. The SMILES string of the molecule is c1ccc(CSc2nnc3c4ccccc4ncn23)cc1. The van der Waals surface area contributed by atoms with Crippen molar-refractivity contribution in [1.29, 1.82) is 0 Å². The van der Waals surface area contributed by atoms with Gasteiger partial charge in [0.25, 0.3) is 0 Å². The van der Waals surface area contributed by atoms with Crippen LogP contribution in [0.15, 0.2) is 66.1 Å². The van der Waals surface area contributed by atoms with Gasteiger partial charge in [-0.05, 0) is 17.7 Å². The standard InChI is InChI=1S/C16H12N4S/c1-2-6-12(7-3-1)10-21-16-19-18-15-13-8-4-5-9-14(13)17-11-20(15)16/h1-9,11H,10H2. The lowest BCUT2D eigenvalue weighted by Gasteiger charge is -2.02. The summed E-state index contributed by atoms with van der Waals surface area (Å²) in [4.78, 5) is 4.47.